The Bertz CT molecular complexity index is 575. The maximum atomic E-state index is 13.5. The van der Waals surface area contributed by atoms with Gasteiger partial charge in [-0.1, -0.05) is 0 Å². The molecule has 1 aromatic heterocycles. The van der Waals surface area contributed by atoms with E-state index in [4.69, 9.17) is 0 Å². The van der Waals surface area contributed by atoms with Crippen LogP contribution in [0.25, 0.3) is 10.9 Å². The van der Waals surface area contributed by atoms with Crippen LogP contribution in [0.15, 0.2) is 23.3 Å². The fourth-order valence-corrected chi connectivity index (χ4v) is 1.59. The number of nitrogens with zero attached hydrogens (tertiary/aromatic N) is 2. The average Bonchev–Trinajstić information content (AvgIpc) is 2.19. The Morgan fingerprint density at radius 2 is 2.20 bits per heavy atom. The van der Waals surface area contributed by atoms with Gasteiger partial charge in [0.1, 0.15) is 11.3 Å². The zero-order valence-electron chi connectivity index (χ0n) is 8.62. The van der Waals surface area contributed by atoms with Crippen LogP contribution in [-0.4, -0.2) is 9.55 Å². The van der Waals surface area contributed by atoms with Crippen LogP contribution in [0.3, 0.4) is 0 Å². The molecule has 0 N–H and O–H groups in total. The van der Waals surface area contributed by atoms with Gasteiger partial charge in [-0.15, -0.1) is 0 Å². The van der Waals surface area contributed by atoms with E-state index in [1.807, 2.05) is 6.92 Å². The Hall–Kier alpha value is -1.71. The molecule has 0 amide bonds. The maximum Gasteiger partial charge on any atom is 0.261 e. The molecule has 1 aromatic carbocycles. The molecule has 0 radical (unpaired) electrons. The van der Waals surface area contributed by atoms with Crippen LogP contribution < -0.4 is 5.56 Å². The molecule has 0 fully saturated rings. The largest absolute Gasteiger partial charge is 0.299 e. The molecule has 0 aliphatic carbocycles. The summed E-state index contributed by atoms with van der Waals surface area (Å²) in [7, 11) is 0. The highest BCUT2D eigenvalue weighted by atomic mass is 19.1. The molecule has 78 valence electrons. The van der Waals surface area contributed by atoms with Gasteiger partial charge in [0, 0.05) is 6.54 Å². The Morgan fingerprint density at radius 1 is 1.47 bits per heavy atom. The second-order valence-electron chi connectivity index (χ2n) is 3.48. The van der Waals surface area contributed by atoms with Gasteiger partial charge < -0.3 is 0 Å². The highest BCUT2D eigenvalue weighted by Gasteiger charge is 2.07. The van der Waals surface area contributed by atoms with Gasteiger partial charge in [-0.2, -0.15) is 0 Å². The van der Waals surface area contributed by atoms with Crippen LogP contribution in [0.2, 0.25) is 0 Å². The van der Waals surface area contributed by atoms with Crippen LogP contribution in [0.1, 0.15) is 12.5 Å². The first-order valence-corrected chi connectivity index (χ1v) is 4.78. The van der Waals surface area contributed by atoms with Gasteiger partial charge in [0.25, 0.3) is 5.56 Å². The summed E-state index contributed by atoms with van der Waals surface area (Å²) in [6, 6.07) is 3.05. The summed E-state index contributed by atoms with van der Waals surface area (Å²) in [4.78, 5) is 15.8. The van der Waals surface area contributed by atoms with E-state index in [0.29, 0.717) is 11.9 Å². The number of aromatic nitrogens is 2. The number of halogens is 1. The average molecular weight is 206 g/mol. The fraction of sp³-hybridized carbons (Fsp3) is 0.273. The standard InChI is InChI=1S/C11H11FN2O/c1-3-14-6-13-10-8(11(14)15)4-7(2)5-9(10)12/h4-6H,3H2,1-2H3. The number of rotatable bonds is 1. The molecule has 0 aliphatic rings. The van der Waals surface area contributed by atoms with Crippen LogP contribution in [0, 0.1) is 12.7 Å². The third-order valence-electron chi connectivity index (χ3n) is 2.37. The molecule has 2 aromatic rings. The Morgan fingerprint density at radius 3 is 2.87 bits per heavy atom. The molecule has 0 saturated carbocycles. The molecule has 0 unspecified atom stereocenters. The van der Waals surface area contributed by atoms with Crippen LogP contribution >= 0.6 is 0 Å². The molecule has 4 heteroatoms. The van der Waals surface area contributed by atoms with E-state index in [2.05, 4.69) is 4.98 Å². The third kappa shape index (κ3) is 1.52. The highest BCUT2D eigenvalue weighted by Crippen LogP contribution is 2.13. The SMILES string of the molecule is CCn1cnc2c(F)cc(C)cc2c1=O. The quantitative estimate of drug-likeness (QED) is 0.713. The van der Waals surface area contributed by atoms with Crippen molar-refractivity contribution in [2.45, 2.75) is 20.4 Å². The molecule has 3 nitrogen and oxygen atoms in total. The zero-order valence-corrected chi connectivity index (χ0v) is 8.62. The van der Waals surface area contributed by atoms with Crippen molar-refractivity contribution >= 4 is 10.9 Å². The summed E-state index contributed by atoms with van der Waals surface area (Å²) < 4.78 is 14.9. The zero-order chi connectivity index (χ0) is 11.0. The van der Waals surface area contributed by atoms with E-state index in [-0.39, 0.29) is 11.1 Å². The summed E-state index contributed by atoms with van der Waals surface area (Å²) >= 11 is 0. The normalized spacial score (nSPS) is 10.9. The maximum absolute atomic E-state index is 13.5. The Balaban J connectivity index is 2.93. The van der Waals surface area contributed by atoms with E-state index in [1.165, 1.54) is 17.0 Å². The van der Waals surface area contributed by atoms with E-state index in [9.17, 15) is 9.18 Å². The lowest BCUT2D eigenvalue weighted by Gasteiger charge is -2.04. The molecular weight excluding hydrogens is 195 g/mol. The van der Waals surface area contributed by atoms with Crippen LogP contribution in [0.5, 0.6) is 0 Å². The fourth-order valence-electron chi connectivity index (χ4n) is 1.59. The molecule has 1 heterocycles. The van der Waals surface area contributed by atoms with Gasteiger partial charge in [-0.05, 0) is 31.5 Å². The number of aryl methyl sites for hydroxylation is 2. The minimum Gasteiger partial charge on any atom is -0.299 e. The molecule has 0 spiro atoms. The van der Waals surface area contributed by atoms with Crippen molar-refractivity contribution in [3.63, 3.8) is 0 Å². The smallest absolute Gasteiger partial charge is 0.261 e. The van der Waals surface area contributed by atoms with E-state index in [1.54, 1.807) is 13.0 Å². The predicted octanol–water partition coefficient (Wildman–Crippen LogP) is 1.86. The van der Waals surface area contributed by atoms with E-state index >= 15 is 0 Å². The lowest BCUT2D eigenvalue weighted by Crippen LogP contribution is -2.19. The topological polar surface area (TPSA) is 34.9 Å². The van der Waals surface area contributed by atoms with Gasteiger partial charge in [0.2, 0.25) is 0 Å². The highest BCUT2D eigenvalue weighted by molar-refractivity contribution is 5.78. The molecule has 0 saturated heterocycles. The Kier molecular flexibility index (Phi) is 2.26. The third-order valence-corrected chi connectivity index (χ3v) is 2.37. The van der Waals surface area contributed by atoms with Crippen LogP contribution in [0.4, 0.5) is 4.39 Å². The number of hydrogen-bond acceptors (Lipinski definition) is 2. The first-order chi connectivity index (χ1) is 7.13. The van der Waals surface area contributed by atoms with E-state index in [0.717, 1.165) is 5.56 Å². The molecule has 0 bridgehead atoms. The van der Waals surface area contributed by atoms with Gasteiger partial charge in [0.05, 0.1) is 11.7 Å². The number of fused-ring (bicyclic) bond motifs is 1. The minimum atomic E-state index is -0.439. The van der Waals surface area contributed by atoms with Crippen molar-refractivity contribution < 1.29 is 4.39 Å². The first-order valence-electron chi connectivity index (χ1n) is 4.78. The monoisotopic (exact) mass is 206 g/mol. The van der Waals surface area contributed by atoms with E-state index < -0.39 is 5.82 Å². The first kappa shape index (κ1) is 9.83. The molecule has 0 aliphatic heterocycles. The van der Waals surface area contributed by atoms with Crippen molar-refractivity contribution in [3.8, 4) is 0 Å². The van der Waals surface area contributed by atoms with Gasteiger partial charge in [0.15, 0.2) is 0 Å². The Labute approximate surface area is 86.2 Å². The van der Waals surface area contributed by atoms with Gasteiger partial charge in [-0.3, -0.25) is 9.36 Å². The van der Waals surface area contributed by atoms with Crippen molar-refractivity contribution in [1.82, 2.24) is 9.55 Å². The predicted molar refractivity (Wildman–Crippen MR) is 56.4 cm³/mol. The summed E-state index contributed by atoms with van der Waals surface area (Å²) in [6.45, 7) is 4.14. The van der Waals surface area contributed by atoms with Crippen molar-refractivity contribution in [3.05, 3.63) is 40.2 Å². The molecular formula is C11H11FN2O. The lowest BCUT2D eigenvalue weighted by molar-refractivity contribution is 0.632. The lowest BCUT2D eigenvalue weighted by atomic mass is 10.1. The van der Waals surface area contributed by atoms with Gasteiger partial charge >= 0.3 is 0 Å². The number of hydrogen-bond donors (Lipinski definition) is 0. The molecule has 0 atom stereocenters. The molecule has 2 rings (SSSR count). The van der Waals surface area contributed by atoms with Gasteiger partial charge in [-0.25, -0.2) is 9.37 Å². The number of benzene rings is 1. The second kappa shape index (κ2) is 3.46. The van der Waals surface area contributed by atoms with Crippen molar-refractivity contribution in [2.75, 3.05) is 0 Å². The second-order valence-corrected chi connectivity index (χ2v) is 3.48. The minimum absolute atomic E-state index is 0.148. The summed E-state index contributed by atoms with van der Waals surface area (Å²) in [5, 5.41) is 0.344. The van der Waals surface area contributed by atoms with Crippen molar-refractivity contribution in [1.29, 1.82) is 0 Å². The van der Waals surface area contributed by atoms with Crippen LogP contribution in [-0.2, 0) is 6.54 Å². The molecule has 15 heavy (non-hydrogen) atoms. The van der Waals surface area contributed by atoms with Crippen molar-refractivity contribution in [2.24, 2.45) is 0 Å². The summed E-state index contributed by atoms with van der Waals surface area (Å²) in [6.07, 6.45) is 1.38. The summed E-state index contributed by atoms with van der Waals surface area (Å²) in [5.74, 6) is -0.439. The summed E-state index contributed by atoms with van der Waals surface area (Å²) in [5.41, 5.74) is 0.688.